The van der Waals surface area contributed by atoms with Crippen LogP contribution in [0.5, 0.6) is 0 Å². The monoisotopic (exact) mass is 854 g/mol. The van der Waals surface area contributed by atoms with E-state index >= 15 is 0 Å². The maximum atomic E-state index is 2.58. The molecule has 0 bridgehead atoms. The van der Waals surface area contributed by atoms with Crippen molar-refractivity contribution in [2.24, 2.45) is 0 Å². The molecule has 0 saturated heterocycles. The van der Waals surface area contributed by atoms with E-state index in [1.54, 1.807) is 0 Å². The Kier molecular flexibility index (Phi) is 8.91. The van der Waals surface area contributed by atoms with Crippen LogP contribution in [0.1, 0.15) is 25.0 Å². The molecule has 0 aromatic heterocycles. The summed E-state index contributed by atoms with van der Waals surface area (Å²) in [6.07, 6.45) is 0. The molecule has 0 unspecified atom stereocenters. The molecule has 12 aromatic rings. The summed E-state index contributed by atoms with van der Waals surface area (Å²) < 4.78 is 0. The van der Waals surface area contributed by atoms with Gasteiger partial charge in [-0.3, -0.25) is 0 Å². The van der Waals surface area contributed by atoms with Crippen LogP contribution in [-0.4, -0.2) is 0 Å². The van der Waals surface area contributed by atoms with E-state index in [2.05, 4.69) is 266 Å². The van der Waals surface area contributed by atoms with Gasteiger partial charge in [0.1, 0.15) is 0 Å². The van der Waals surface area contributed by atoms with Crippen LogP contribution in [0.4, 0.5) is 34.1 Å². The van der Waals surface area contributed by atoms with Crippen LogP contribution in [-0.2, 0) is 5.41 Å². The normalized spacial score (nSPS) is 13.0. The van der Waals surface area contributed by atoms with Gasteiger partial charge in [0, 0.05) is 22.2 Å². The average Bonchev–Trinajstić information content (AvgIpc) is 3.39. The van der Waals surface area contributed by atoms with Crippen LogP contribution in [0.3, 0.4) is 0 Å². The first kappa shape index (κ1) is 39.0. The molecule has 2 nitrogen and oxygen atoms in total. The molecule has 0 radical (unpaired) electrons. The smallest absolute Gasteiger partial charge is 0.0781 e. The Hall–Kier alpha value is -8.46. The van der Waals surface area contributed by atoms with E-state index in [1.165, 1.54) is 98.6 Å². The molecule has 1 heterocycles. The Labute approximate surface area is 391 Å². The molecule has 0 saturated carbocycles. The Morgan fingerprint density at radius 1 is 0.313 bits per heavy atom. The second-order valence-corrected chi connectivity index (χ2v) is 18.5. The number of hydrogen-bond donors (Lipinski definition) is 0. The summed E-state index contributed by atoms with van der Waals surface area (Å²) in [4.78, 5) is 5.07. The van der Waals surface area contributed by atoms with Crippen molar-refractivity contribution < 1.29 is 0 Å². The third-order valence-corrected chi connectivity index (χ3v) is 14.4. The second-order valence-electron chi connectivity index (χ2n) is 18.5. The van der Waals surface area contributed by atoms with Crippen molar-refractivity contribution in [1.29, 1.82) is 0 Å². The number of fused-ring (bicyclic) bond motifs is 10. The van der Waals surface area contributed by atoms with Crippen molar-refractivity contribution in [2.45, 2.75) is 19.3 Å². The Morgan fingerprint density at radius 3 is 1.57 bits per heavy atom. The van der Waals surface area contributed by atoms with Gasteiger partial charge in [-0.1, -0.05) is 208 Å². The van der Waals surface area contributed by atoms with Crippen LogP contribution in [0.25, 0.3) is 76.1 Å². The maximum Gasteiger partial charge on any atom is 0.0781 e. The molecule has 67 heavy (non-hydrogen) atoms. The minimum absolute atomic E-state index is 0.260. The zero-order chi connectivity index (χ0) is 44.6. The van der Waals surface area contributed by atoms with Gasteiger partial charge in [0.2, 0.25) is 0 Å². The van der Waals surface area contributed by atoms with E-state index in [4.69, 9.17) is 0 Å². The van der Waals surface area contributed by atoms with Gasteiger partial charge in [0.15, 0.2) is 0 Å². The molecular weight excluding hydrogens is 809 g/mol. The zero-order valence-electron chi connectivity index (χ0n) is 37.5. The molecule has 0 N–H and O–H groups in total. The van der Waals surface area contributed by atoms with E-state index in [1.807, 2.05) is 0 Å². The Balaban J connectivity index is 1.11. The molecule has 316 valence electrons. The minimum Gasteiger partial charge on any atom is -0.308 e. The lowest BCUT2D eigenvalue weighted by Crippen LogP contribution is -2.31. The van der Waals surface area contributed by atoms with Crippen molar-refractivity contribution in [2.75, 3.05) is 9.80 Å². The van der Waals surface area contributed by atoms with E-state index in [0.29, 0.717) is 0 Å². The molecule has 0 aliphatic carbocycles. The summed E-state index contributed by atoms with van der Waals surface area (Å²) in [5, 5.41) is 12.4. The molecule has 0 spiro atoms. The third-order valence-electron chi connectivity index (χ3n) is 14.4. The summed E-state index contributed by atoms with van der Waals surface area (Å²) in [5.41, 5.74) is 13.9. The van der Waals surface area contributed by atoms with Crippen molar-refractivity contribution in [3.63, 3.8) is 0 Å². The summed E-state index contributed by atoms with van der Waals surface area (Å²) in [6, 6.07) is 89.9. The van der Waals surface area contributed by atoms with E-state index in [9.17, 15) is 0 Å². The highest BCUT2D eigenvalue weighted by molar-refractivity contribution is 6.26. The first-order chi connectivity index (χ1) is 33.0. The Bertz CT molecular complexity index is 3870. The molecule has 2 heteroatoms. The van der Waals surface area contributed by atoms with Crippen LogP contribution in [0, 0.1) is 0 Å². The average molecular weight is 855 g/mol. The summed E-state index contributed by atoms with van der Waals surface area (Å²) in [5.74, 6) is 0. The fourth-order valence-electron chi connectivity index (χ4n) is 11.1. The predicted octanol–water partition coefficient (Wildman–Crippen LogP) is 18.4. The number of nitrogens with zero attached hydrogens (tertiary/aromatic N) is 2. The molecular formula is C65H46N2. The van der Waals surface area contributed by atoms with Crippen LogP contribution in [0.2, 0.25) is 0 Å². The number of para-hydroxylation sites is 1. The van der Waals surface area contributed by atoms with Crippen molar-refractivity contribution in [1.82, 2.24) is 0 Å². The summed E-state index contributed by atoms with van der Waals surface area (Å²) >= 11 is 0. The summed E-state index contributed by atoms with van der Waals surface area (Å²) in [7, 11) is 0. The van der Waals surface area contributed by atoms with Crippen LogP contribution in [0.15, 0.2) is 243 Å². The third kappa shape index (κ3) is 6.25. The van der Waals surface area contributed by atoms with Gasteiger partial charge in [0.05, 0.1) is 22.7 Å². The van der Waals surface area contributed by atoms with Crippen molar-refractivity contribution >= 4 is 88.0 Å². The molecule has 1 aliphatic rings. The lowest BCUT2D eigenvalue weighted by atomic mass is 9.73. The predicted molar refractivity (Wildman–Crippen MR) is 286 cm³/mol. The standard InChI is InChI=1S/C65H46N2/c1-65(2)59-26-14-15-27-61(59)67(63-41-49(32-38-60(63)65)48-29-28-44-18-6-7-20-47(44)40-48)64-52-21-9-8-19-46(52)33-39-62(64)66(50-34-30-45(31-35-50)43-16-4-3-5-17-43)51-36-37-57-55-24-11-10-22-53(55)54-23-12-13-25-56(54)58(57)42-51/h3-42H,1-2H3. The highest BCUT2D eigenvalue weighted by Gasteiger charge is 2.39. The van der Waals surface area contributed by atoms with Gasteiger partial charge in [-0.25, -0.2) is 0 Å². The van der Waals surface area contributed by atoms with Crippen molar-refractivity contribution in [3.8, 4) is 22.3 Å². The fourth-order valence-corrected chi connectivity index (χ4v) is 11.1. The lowest BCUT2D eigenvalue weighted by Gasteiger charge is -2.44. The van der Waals surface area contributed by atoms with Gasteiger partial charge in [-0.15, -0.1) is 0 Å². The highest BCUT2D eigenvalue weighted by atomic mass is 15.2. The van der Waals surface area contributed by atoms with E-state index < -0.39 is 0 Å². The SMILES string of the molecule is CC1(C)c2ccccc2N(c2c(N(c3ccc(-c4ccccc4)cc3)c3ccc4c5ccccc5c5ccccc5c4c3)ccc3ccccc23)c2cc(-c3ccc4ccccc4c3)ccc21. The van der Waals surface area contributed by atoms with Gasteiger partial charge in [0.25, 0.3) is 0 Å². The molecule has 0 amide bonds. The van der Waals surface area contributed by atoms with Crippen LogP contribution >= 0.6 is 0 Å². The topological polar surface area (TPSA) is 6.48 Å². The van der Waals surface area contributed by atoms with Gasteiger partial charge in [-0.2, -0.15) is 0 Å². The van der Waals surface area contributed by atoms with Gasteiger partial charge < -0.3 is 9.80 Å². The molecule has 0 atom stereocenters. The zero-order valence-corrected chi connectivity index (χ0v) is 37.5. The van der Waals surface area contributed by atoms with Gasteiger partial charge >= 0.3 is 0 Å². The number of hydrogen-bond acceptors (Lipinski definition) is 2. The number of rotatable bonds is 6. The maximum absolute atomic E-state index is 2.58. The fraction of sp³-hybridized carbons (Fsp3) is 0.0462. The molecule has 13 rings (SSSR count). The largest absolute Gasteiger partial charge is 0.308 e. The highest BCUT2D eigenvalue weighted by Crippen LogP contribution is 2.57. The van der Waals surface area contributed by atoms with E-state index in [-0.39, 0.29) is 5.41 Å². The van der Waals surface area contributed by atoms with Crippen molar-refractivity contribution in [3.05, 3.63) is 254 Å². The second kappa shape index (κ2) is 15.3. The van der Waals surface area contributed by atoms with E-state index in [0.717, 1.165) is 22.7 Å². The number of benzene rings is 12. The first-order valence-corrected chi connectivity index (χ1v) is 23.3. The first-order valence-electron chi connectivity index (χ1n) is 23.3. The quantitative estimate of drug-likeness (QED) is 0.154. The van der Waals surface area contributed by atoms with Crippen LogP contribution < -0.4 is 9.80 Å². The molecule has 0 fully saturated rings. The lowest BCUT2D eigenvalue weighted by molar-refractivity contribution is 0.632. The molecule has 12 aromatic carbocycles. The molecule has 1 aliphatic heterocycles. The minimum atomic E-state index is -0.260. The summed E-state index contributed by atoms with van der Waals surface area (Å²) in [6.45, 7) is 4.76. The Morgan fingerprint density at radius 2 is 0.821 bits per heavy atom. The van der Waals surface area contributed by atoms with Gasteiger partial charge in [-0.05, 0) is 130 Å². The number of anilines is 6.